The zero-order valence-corrected chi connectivity index (χ0v) is 14.4. The Hall–Kier alpha value is -0.570. The lowest BCUT2D eigenvalue weighted by molar-refractivity contribution is -0.131. The Morgan fingerprint density at radius 2 is 1.90 bits per heavy atom. The van der Waals surface area contributed by atoms with Gasteiger partial charge in [-0.3, -0.25) is 4.79 Å². The fraction of sp³-hybridized carbons (Fsp3) is 0.944. The minimum Gasteiger partial charge on any atom is -0.353 e. The predicted octanol–water partition coefficient (Wildman–Crippen LogP) is 3.49. The second kappa shape index (κ2) is 6.68. The molecular formula is C18H34N2O. The molecule has 0 spiro atoms. The number of nitrogens with one attached hydrogen (secondary N) is 2. The van der Waals surface area contributed by atoms with Crippen molar-refractivity contribution in [1.29, 1.82) is 0 Å². The van der Waals surface area contributed by atoms with Gasteiger partial charge in [-0.15, -0.1) is 0 Å². The monoisotopic (exact) mass is 294 g/mol. The van der Waals surface area contributed by atoms with Crippen LogP contribution in [0.1, 0.15) is 72.6 Å². The third kappa shape index (κ3) is 3.61. The van der Waals surface area contributed by atoms with E-state index in [0.717, 1.165) is 44.7 Å². The molecule has 0 bridgehead atoms. The SMILES string of the molecule is CCC1(C(=O)NC2CCC(C(C)(C)CC)CC2)CCNC1. The fourth-order valence-corrected chi connectivity index (χ4v) is 4.05. The van der Waals surface area contributed by atoms with Crippen molar-refractivity contribution in [2.24, 2.45) is 16.7 Å². The predicted molar refractivity (Wildman–Crippen MR) is 88.2 cm³/mol. The van der Waals surface area contributed by atoms with Crippen LogP contribution in [-0.2, 0) is 4.79 Å². The highest BCUT2D eigenvalue weighted by Gasteiger charge is 2.41. The highest BCUT2D eigenvalue weighted by Crippen LogP contribution is 2.40. The Bertz CT molecular complexity index is 350. The van der Waals surface area contributed by atoms with Crippen molar-refractivity contribution in [3.63, 3.8) is 0 Å². The van der Waals surface area contributed by atoms with Gasteiger partial charge in [0, 0.05) is 12.6 Å². The van der Waals surface area contributed by atoms with Gasteiger partial charge in [-0.25, -0.2) is 0 Å². The summed E-state index contributed by atoms with van der Waals surface area (Å²) in [5.74, 6) is 1.12. The normalized spacial score (nSPS) is 33.9. The van der Waals surface area contributed by atoms with Crippen molar-refractivity contribution in [3.8, 4) is 0 Å². The van der Waals surface area contributed by atoms with Crippen molar-refractivity contribution >= 4 is 5.91 Å². The number of hydrogen-bond donors (Lipinski definition) is 2. The molecule has 0 aromatic carbocycles. The Morgan fingerprint density at radius 3 is 2.38 bits per heavy atom. The van der Waals surface area contributed by atoms with Crippen molar-refractivity contribution in [3.05, 3.63) is 0 Å². The van der Waals surface area contributed by atoms with Gasteiger partial charge in [0.15, 0.2) is 0 Å². The maximum Gasteiger partial charge on any atom is 0.227 e. The van der Waals surface area contributed by atoms with Crippen molar-refractivity contribution < 1.29 is 4.79 Å². The molecule has 1 aliphatic carbocycles. The smallest absolute Gasteiger partial charge is 0.227 e. The van der Waals surface area contributed by atoms with Crippen molar-refractivity contribution in [1.82, 2.24) is 10.6 Å². The molecule has 1 saturated heterocycles. The number of amides is 1. The standard InChI is InChI=1S/C18H34N2O/c1-5-17(3,4)14-7-9-15(10-8-14)20-16(21)18(6-2)11-12-19-13-18/h14-15,19H,5-13H2,1-4H3,(H,20,21). The highest BCUT2D eigenvalue weighted by molar-refractivity contribution is 5.83. The topological polar surface area (TPSA) is 41.1 Å². The van der Waals surface area contributed by atoms with Gasteiger partial charge in [-0.1, -0.05) is 34.1 Å². The molecular weight excluding hydrogens is 260 g/mol. The molecule has 2 rings (SSSR count). The molecule has 3 heteroatoms. The fourth-order valence-electron chi connectivity index (χ4n) is 4.05. The number of hydrogen-bond acceptors (Lipinski definition) is 2. The largest absolute Gasteiger partial charge is 0.353 e. The minimum atomic E-state index is -0.139. The van der Waals surface area contributed by atoms with Crippen LogP contribution in [-0.4, -0.2) is 25.0 Å². The van der Waals surface area contributed by atoms with Crippen LogP contribution < -0.4 is 10.6 Å². The molecule has 3 nitrogen and oxygen atoms in total. The number of carbonyl (C=O) groups excluding carboxylic acids is 1. The van der Waals surface area contributed by atoms with E-state index in [1.165, 1.54) is 19.3 Å². The Balaban J connectivity index is 1.85. The van der Waals surface area contributed by atoms with Gasteiger partial charge in [-0.05, 0) is 56.4 Å². The third-order valence-corrected chi connectivity index (χ3v) is 6.48. The van der Waals surface area contributed by atoms with Gasteiger partial charge < -0.3 is 10.6 Å². The average Bonchev–Trinajstić information content (AvgIpc) is 2.98. The van der Waals surface area contributed by atoms with Gasteiger partial charge >= 0.3 is 0 Å². The average molecular weight is 294 g/mol. The summed E-state index contributed by atoms with van der Waals surface area (Å²) in [5.41, 5.74) is 0.314. The summed E-state index contributed by atoms with van der Waals surface area (Å²) in [7, 11) is 0. The zero-order valence-electron chi connectivity index (χ0n) is 14.4. The van der Waals surface area contributed by atoms with E-state index in [1.54, 1.807) is 0 Å². The second-order valence-electron chi connectivity index (χ2n) is 7.92. The Morgan fingerprint density at radius 1 is 1.24 bits per heavy atom. The van der Waals surface area contributed by atoms with Gasteiger partial charge in [0.2, 0.25) is 5.91 Å². The molecule has 2 aliphatic rings. The summed E-state index contributed by atoms with van der Waals surface area (Å²) in [6, 6.07) is 0.408. The first-order valence-corrected chi connectivity index (χ1v) is 8.95. The minimum absolute atomic E-state index is 0.139. The highest BCUT2D eigenvalue weighted by atomic mass is 16.2. The van der Waals surface area contributed by atoms with E-state index in [4.69, 9.17) is 0 Å². The molecule has 1 saturated carbocycles. The van der Waals surface area contributed by atoms with Crippen molar-refractivity contribution in [2.45, 2.75) is 78.7 Å². The maximum atomic E-state index is 12.7. The molecule has 1 aliphatic heterocycles. The van der Waals surface area contributed by atoms with Gasteiger partial charge in [-0.2, -0.15) is 0 Å². The van der Waals surface area contributed by atoms with Crippen LogP contribution in [0.5, 0.6) is 0 Å². The number of carbonyl (C=O) groups is 1. The first-order chi connectivity index (χ1) is 9.93. The summed E-state index contributed by atoms with van der Waals surface area (Å²) in [6.45, 7) is 11.1. The van der Waals surface area contributed by atoms with E-state index in [-0.39, 0.29) is 5.41 Å². The second-order valence-corrected chi connectivity index (χ2v) is 7.92. The first kappa shape index (κ1) is 16.8. The molecule has 0 aromatic heterocycles. The van der Waals surface area contributed by atoms with Crippen LogP contribution in [0.25, 0.3) is 0 Å². The van der Waals surface area contributed by atoms with Crippen LogP contribution in [0.3, 0.4) is 0 Å². The number of rotatable bonds is 5. The van der Waals surface area contributed by atoms with Crippen molar-refractivity contribution in [2.75, 3.05) is 13.1 Å². The summed E-state index contributed by atoms with van der Waals surface area (Å²) in [5, 5.41) is 6.72. The molecule has 1 atom stereocenters. The molecule has 122 valence electrons. The van der Waals surface area contributed by atoms with Gasteiger partial charge in [0.05, 0.1) is 5.41 Å². The van der Waals surface area contributed by atoms with Crippen LogP contribution in [0, 0.1) is 16.7 Å². The van der Waals surface area contributed by atoms with E-state index < -0.39 is 0 Å². The van der Waals surface area contributed by atoms with Crippen LogP contribution in [0.15, 0.2) is 0 Å². The van der Waals surface area contributed by atoms with E-state index >= 15 is 0 Å². The van der Waals surface area contributed by atoms with Crippen LogP contribution in [0.4, 0.5) is 0 Å². The molecule has 2 fully saturated rings. The summed E-state index contributed by atoms with van der Waals surface area (Å²) >= 11 is 0. The zero-order chi connectivity index (χ0) is 15.5. The molecule has 1 amide bonds. The Kier molecular flexibility index (Phi) is 5.34. The molecule has 21 heavy (non-hydrogen) atoms. The van der Waals surface area contributed by atoms with E-state index in [9.17, 15) is 4.79 Å². The lowest BCUT2D eigenvalue weighted by Crippen LogP contribution is -2.48. The summed E-state index contributed by atoms with van der Waals surface area (Å²) < 4.78 is 0. The maximum absolute atomic E-state index is 12.7. The molecule has 1 heterocycles. The summed E-state index contributed by atoms with van der Waals surface area (Å²) in [6.07, 6.45) is 8.04. The van der Waals surface area contributed by atoms with E-state index in [2.05, 4.69) is 38.3 Å². The lowest BCUT2D eigenvalue weighted by atomic mass is 9.69. The molecule has 0 radical (unpaired) electrons. The van der Waals surface area contributed by atoms with E-state index in [0.29, 0.717) is 17.4 Å². The quantitative estimate of drug-likeness (QED) is 0.815. The lowest BCUT2D eigenvalue weighted by Gasteiger charge is -2.39. The first-order valence-electron chi connectivity index (χ1n) is 8.95. The third-order valence-electron chi connectivity index (χ3n) is 6.48. The molecule has 1 unspecified atom stereocenters. The van der Waals surface area contributed by atoms with Gasteiger partial charge in [0.1, 0.15) is 0 Å². The molecule has 2 N–H and O–H groups in total. The summed E-state index contributed by atoms with van der Waals surface area (Å²) in [4.78, 5) is 12.7. The van der Waals surface area contributed by atoms with Crippen LogP contribution >= 0.6 is 0 Å². The van der Waals surface area contributed by atoms with Crippen LogP contribution in [0.2, 0.25) is 0 Å². The van der Waals surface area contributed by atoms with E-state index in [1.807, 2.05) is 0 Å². The van der Waals surface area contributed by atoms with Gasteiger partial charge in [0.25, 0.3) is 0 Å². The Labute approximate surface area is 130 Å². The molecule has 0 aromatic rings.